The van der Waals surface area contributed by atoms with Gasteiger partial charge in [-0.25, -0.2) is 0 Å². The van der Waals surface area contributed by atoms with Gasteiger partial charge in [-0.2, -0.15) is 0 Å². The number of benzene rings is 1. The second-order valence-corrected chi connectivity index (χ2v) is 5.55. The third-order valence-electron chi connectivity index (χ3n) is 4.20. The predicted octanol–water partition coefficient (Wildman–Crippen LogP) is 2.11. The van der Waals surface area contributed by atoms with E-state index in [1.54, 1.807) is 0 Å². The van der Waals surface area contributed by atoms with Crippen molar-refractivity contribution in [3.63, 3.8) is 0 Å². The smallest absolute Gasteiger partial charge is 0.247 e. The van der Waals surface area contributed by atoms with Crippen LogP contribution in [0.4, 0.5) is 5.69 Å². The van der Waals surface area contributed by atoms with Crippen molar-refractivity contribution in [3.05, 3.63) is 29.8 Å². The highest BCUT2D eigenvalue weighted by molar-refractivity contribution is 6.01. The largest absolute Gasteiger partial charge is 0.311 e. The Hall–Kier alpha value is -1.35. The topological polar surface area (TPSA) is 32.3 Å². The highest BCUT2D eigenvalue weighted by Crippen LogP contribution is 2.30. The van der Waals surface area contributed by atoms with Gasteiger partial charge in [-0.1, -0.05) is 18.2 Å². The van der Waals surface area contributed by atoms with E-state index in [2.05, 4.69) is 23.5 Å². The number of hydrogen-bond donors (Lipinski definition) is 1. The first-order chi connectivity index (χ1) is 8.71. The first kappa shape index (κ1) is 11.7. The average Bonchev–Trinajstić information content (AvgIpc) is 2.85. The quantitative estimate of drug-likeness (QED) is 0.820. The summed E-state index contributed by atoms with van der Waals surface area (Å²) in [7, 11) is 0. The Kier molecular flexibility index (Phi) is 2.86. The molecular formula is C15H20N2O. The molecule has 0 aliphatic carbocycles. The molecule has 1 unspecified atom stereocenters. The molecule has 18 heavy (non-hydrogen) atoms. The van der Waals surface area contributed by atoms with Crippen LogP contribution in [-0.2, 0) is 11.2 Å². The van der Waals surface area contributed by atoms with Crippen LogP contribution in [0.2, 0.25) is 0 Å². The van der Waals surface area contributed by atoms with Gasteiger partial charge in [-0.15, -0.1) is 0 Å². The molecule has 0 aromatic heterocycles. The number of aryl methyl sites for hydroxylation is 1. The summed E-state index contributed by atoms with van der Waals surface area (Å²) in [4.78, 5) is 14.7. The molecule has 1 atom stereocenters. The van der Waals surface area contributed by atoms with Crippen molar-refractivity contribution in [1.29, 1.82) is 0 Å². The molecule has 96 valence electrons. The number of anilines is 1. The molecule has 0 saturated carbocycles. The molecule has 2 aliphatic heterocycles. The third kappa shape index (κ3) is 1.83. The van der Waals surface area contributed by atoms with E-state index in [9.17, 15) is 4.79 Å². The first-order valence-corrected chi connectivity index (χ1v) is 6.86. The lowest BCUT2D eigenvalue weighted by Crippen LogP contribution is -2.54. The Labute approximate surface area is 108 Å². The minimum absolute atomic E-state index is 0.243. The van der Waals surface area contributed by atoms with Crippen LogP contribution >= 0.6 is 0 Å². The van der Waals surface area contributed by atoms with Crippen molar-refractivity contribution >= 4 is 11.6 Å². The van der Waals surface area contributed by atoms with Crippen LogP contribution < -0.4 is 10.2 Å². The fourth-order valence-electron chi connectivity index (χ4n) is 3.12. The number of fused-ring (bicyclic) bond motifs is 1. The molecule has 2 aliphatic rings. The van der Waals surface area contributed by atoms with Gasteiger partial charge in [0.1, 0.15) is 0 Å². The van der Waals surface area contributed by atoms with Crippen LogP contribution in [0.25, 0.3) is 0 Å². The number of hydrogen-bond acceptors (Lipinski definition) is 2. The molecule has 1 fully saturated rings. The monoisotopic (exact) mass is 244 g/mol. The van der Waals surface area contributed by atoms with Crippen molar-refractivity contribution in [3.8, 4) is 0 Å². The maximum Gasteiger partial charge on any atom is 0.247 e. The summed E-state index contributed by atoms with van der Waals surface area (Å²) in [5, 5.41) is 3.37. The van der Waals surface area contributed by atoms with E-state index in [1.165, 1.54) is 5.56 Å². The zero-order valence-corrected chi connectivity index (χ0v) is 10.9. The van der Waals surface area contributed by atoms with E-state index in [4.69, 9.17) is 0 Å². The summed E-state index contributed by atoms with van der Waals surface area (Å²) in [5.74, 6) is 0.243. The Morgan fingerprint density at radius 2 is 2.17 bits per heavy atom. The van der Waals surface area contributed by atoms with Crippen LogP contribution in [0.15, 0.2) is 24.3 Å². The molecule has 0 spiro atoms. The normalized spacial score (nSPS) is 27.1. The fourth-order valence-corrected chi connectivity index (χ4v) is 3.12. The van der Waals surface area contributed by atoms with Gasteiger partial charge in [0.15, 0.2) is 0 Å². The van der Waals surface area contributed by atoms with E-state index in [0.717, 1.165) is 44.5 Å². The van der Waals surface area contributed by atoms with Gasteiger partial charge in [0.05, 0.1) is 5.54 Å². The molecule has 2 heterocycles. The van der Waals surface area contributed by atoms with E-state index in [0.29, 0.717) is 0 Å². The average molecular weight is 244 g/mol. The Morgan fingerprint density at radius 1 is 1.33 bits per heavy atom. The number of para-hydroxylation sites is 1. The molecule has 1 aromatic carbocycles. The van der Waals surface area contributed by atoms with E-state index >= 15 is 0 Å². The maximum absolute atomic E-state index is 12.7. The van der Waals surface area contributed by atoms with Crippen LogP contribution in [0.1, 0.15) is 31.7 Å². The number of rotatable bonds is 1. The summed E-state index contributed by atoms with van der Waals surface area (Å²) >= 11 is 0. The second-order valence-electron chi connectivity index (χ2n) is 5.55. The van der Waals surface area contributed by atoms with Crippen LogP contribution in [0, 0.1) is 0 Å². The van der Waals surface area contributed by atoms with Crippen molar-refractivity contribution in [2.45, 2.75) is 38.1 Å². The Morgan fingerprint density at radius 3 is 2.94 bits per heavy atom. The van der Waals surface area contributed by atoms with Crippen LogP contribution in [0.3, 0.4) is 0 Å². The summed E-state index contributed by atoms with van der Waals surface area (Å²) in [6.07, 6.45) is 4.20. The van der Waals surface area contributed by atoms with Gasteiger partial charge in [0.25, 0.3) is 0 Å². The Bertz CT molecular complexity index is 463. The van der Waals surface area contributed by atoms with E-state index in [-0.39, 0.29) is 11.4 Å². The number of carbonyl (C=O) groups is 1. The summed E-state index contributed by atoms with van der Waals surface area (Å²) in [6.45, 7) is 3.85. The standard InChI is InChI=1S/C15H20N2O/c1-15(9-5-10-16-15)14(18)17-11-4-7-12-6-2-3-8-13(12)17/h2-3,6,8,16H,4-5,7,9-11H2,1H3. The van der Waals surface area contributed by atoms with Crippen molar-refractivity contribution in [2.24, 2.45) is 0 Å². The molecule has 1 amide bonds. The highest BCUT2D eigenvalue weighted by Gasteiger charge is 2.40. The lowest BCUT2D eigenvalue weighted by Gasteiger charge is -2.35. The van der Waals surface area contributed by atoms with Gasteiger partial charge in [-0.05, 0) is 50.8 Å². The molecule has 0 bridgehead atoms. The van der Waals surface area contributed by atoms with Gasteiger partial charge in [-0.3, -0.25) is 4.79 Å². The van der Waals surface area contributed by atoms with Gasteiger partial charge >= 0.3 is 0 Å². The molecule has 1 aromatic rings. The zero-order chi connectivity index (χ0) is 12.6. The van der Waals surface area contributed by atoms with Gasteiger partial charge in [0.2, 0.25) is 5.91 Å². The molecule has 3 rings (SSSR count). The lowest BCUT2D eigenvalue weighted by molar-refractivity contribution is -0.123. The zero-order valence-electron chi connectivity index (χ0n) is 10.9. The molecule has 1 N–H and O–H groups in total. The minimum atomic E-state index is -0.357. The fraction of sp³-hybridized carbons (Fsp3) is 0.533. The van der Waals surface area contributed by atoms with Crippen molar-refractivity contribution < 1.29 is 4.79 Å². The SMILES string of the molecule is CC1(C(=O)N2CCCc3ccccc32)CCCN1. The molecule has 3 nitrogen and oxygen atoms in total. The van der Waals surface area contributed by atoms with Gasteiger partial charge in [0, 0.05) is 12.2 Å². The third-order valence-corrected chi connectivity index (χ3v) is 4.20. The lowest BCUT2D eigenvalue weighted by atomic mass is 9.95. The number of nitrogens with one attached hydrogen (secondary N) is 1. The number of nitrogens with zero attached hydrogens (tertiary/aromatic N) is 1. The number of carbonyl (C=O) groups excluding carboxylic acids is 1. The van der Waals surface area contributed by atoms with E-state index < -0.39 is 0 Å². The van der Waals surface area contributed by atoms with Crippen LogP contribution in [0.5, 0.6) is 0 Å². The molecule has 0 radical (unpaired) electrons. The Balaban J connectivity index is 1.92. The summed E-state index contributed by atoms with van der Waals surface area (Å²) in [6, 6.07) is 8.29. The molecule has 1 saturated heterocycles. The first-order valence-electron chi connectivity index (χ1n) is 6.86. The predicted molar refractivity (Wildman–Crippen MR) is 72.8 cm³/mol. The van der Waals surface area contributed by atoms with Crippen molar-refractivity contribution in [1.82, 2.24) is 5.32 Å². The summed E-state index contributed by atoms with van der Waals surface area (Å²) < 4.78 is 0. The number of amides is 1. The van der Waals surface area contributed by atoms with Crippen molar-refractivity contribution in [2.75, 3.05) is 18.0 Å². The molecule has 3 heteroatoms. The highest BCUT2D eigenvalue weighted by atomic mass is 16.2. The molecular weight excluding hydrogens is 224 g/mol. The van der Waals surface area contributed by atoms with Crippen LogP contribution in [-0.4, -0.2) is 24.5 Å². The van der Waals surface area contributed by atoms with Gasteiger partial charge < -0.3 is 10.2 Å². The maximum atomic E-state index is 12.7. The van der Waals surface area contributed by atoms with E-state index in [1.807, 2.05) is 17.9 Å². The minimum Gasteiger partial charge on any atom is -0.311 e. The second kappa shape index (κ2) is 4.39. The summed E-state index contributed by atoms with van der Waals surface area (Å²) in [5.41, 5.74) is 2.06.